The van der Waals surface area contributed by atoms with E-state index in [2.05, 4.69) is 4.72 Å². The zero-order chi connectivity index (χ0) is 13.3. The molecule has 0 radical (unpaired) electrons. The maximum absolute atomic E-state index is 12.8. The Labute approximate surface area is 99.5 Å². The summed E-state index contributed by atoms with van der Waals surface area (Å²) in [4.78, 5) is -0.205. The van der Waals surface area contributed by atoms with Gasteiger partial charge in [0, 0.05) is 6.54 Å². The molecule has 1 aromatic carbocycles. The number of nitrogens with one attached hydrogen (secondary N) is 1. The summed E-state index contributed by atoms with van der Waals surface area (Å²) in [6.45, 7) is 2.76. The largest absolute Gasteiger partial charge is 0.398 e. The van der Waals surface area contributed by atoms with E-state index in [1.54, 1.807) is 0 Å². The van der Waals surface area contributed by atoms with Crippen molar-refractivity contribution in [2.75, 3.05) is 12.3 Å². The molecule has 17 heavy (non-hydrogen) atoms. The van der Waals surface area contributed by atoms with Gasteiger partial charge in [0.2, 0.25) is 10.0 Å². The molecule has 0 spiro atoms. The van der Waals surface area contributed by atoms with Crippen LogP contribution >= 0.6 is 0 Å². The third-order valence-electron chi connectivity index (χ3n) is 1.96. The Morgan fingerprint density at radius 2 is 2.06 bits per heavy atom. The molecule has 0 unspecified atom stereocenters. The molecular weight excluding hydrogens is 247 g/mol. The number of sulfonamides is 1. The lowest BCUT2D eigenvalue weighted by Gasteiger charge is -2.18. The Morgan fingerprint density at radius 1 is 1.47 bits per heavy atom. The summed E-state index contributed by atoms with van der Waals surface area (Å²) < 4.78 is 38.5. The van der Waals surface area contributed by atoms with E-state index >= 15 is 0 Å². The maximum Gasteiger partial charge on any atom is 0.242 e. The molecule has 0 saturated heterocycles. The number of rotatable bonds is 4. The minimum absolute atomic E-state index is 0.161. The zero-order valence-electron chi connectivity index (χ0n) is 9.57. The van der Waals surface area contributed by atoms with Crippen molar-refractivity contribution in [1.29, 1.82) is 0 Å². The van der Waals surface area contributed by atoms with Crippen LogP contribution in [0.15, 0.2) is 23.1 Å². The quantitative estimate of drug-likeness (QED) is 0.687. The molecule has 0 aliphatic rings. The number of hydrogen-bond acceptors (Lipinski definition) is 4. The van der Waals surface area contributed by atoms with Crippen molar-refractivity contribution in [2.24, 2.45) is 0 Å². The van der Waals surface area contributed by atoms with Crippen LogP contribution in [0, 0.1) is 5.82 Å². The van der Waals surface area contributed by atoms with Crippen LogP contribution in [0.1, 0.15) is 13.8 Å². The average molecular weight is 262 g/mol. The molecule has 0 atom stereocenters. The van der Waals surface area contributed by atoms with E-state index < -0.39 is 21.4 Å². The Balaban J connectivity index is 2.98. The lowest BCUT2D eigenvalue weighted by molar-refractivity contribution is 0.0857. The highest BCUT2D eigenvalue weighted by molar-refractivity contribution is 7.89. The SMILES string of the molecule is CC(C)(O)CNS(=O)(=O)c1ccc(F)cc1N. The summed E-state index contributed by atoms with van der Waals surface area (Å²) in [6.07, 6.45) is 0. The first-order chi connectivity index (χ1) is 7.62. The number of nitrogen functional groups attached to an aromatic ring is 1. The minimum Gasteiger partial charge on any atom is -0.398 e. The predicted molar refractivity (Wildman–Crippen MR) is 62.3 cm³/mol. The topological polar surface area (TPSA) is 92.4 Å². The molecule has 0 aliphatic heterocycles. The second-order valence-electron chi connectivity index (χ2n) is 4.32. The smallest absolute Gasteiger partial charge is 0.242 e. The molecule has 0 bridgehead atoms. The number of nitrogens with two attached hydrogens (primary N) is 1. The van der Waals surface area contributed by atoms with Crippen molar-refractivity contribution in [3.8, 4) is 0 Å². The molecule has 0 fully saturated rings. The standard InChI is InChI=1S/C10H15FN2O3S/c1-10(2,14)6-13-17(15,16)9-4-3-7(11)5-8(9)12/h3-5,13-14H,6,12H2,1-2H3. The van der Waals surface area contributed by atoms with Crippen molar-refractivity contribution < 1.29 is 17.9 Å². The third-order valence-corrected chi connectivity index (χ3v) is 3.43. The monoisotopic (exact) mass is 262 g/mol. The average Bonchev–Trinajstić information content (AvgIpc) is 2.13. The van der Waals surface area contributed by atoms with E-state index in [0.717, 1.165) is 18.2 Å². The summed E-state index contributed by atoms with van der Waals surface area (Å²) in [5.74, 6) is -0.607. The van der Waals surface area contributed by atoms with Gasteiger partial charge >= 0.3 is 0 Å². The van der Waals surface area contributed by atoms with Crippen LogP contribution in [0.2, 0.25) is 0 Å². The minimum atomic E-state index is -3.84. The van der Waals surface area contributed by atoms with Crippen molar-refractivity contribution in [3.63, 3.8) is 0 Å². The van der Waals surface area contributed by atoms with Crippen molar-refractivity contribution >= 4 is 15.7 Å². The van der Waals surface area contributed by atoms with Gasteiger partial charge in [-0.1, -0.05) is 0 Å². The van der Waals surface area contributed by atoms with E-state index in [4.69, 9.17) is 5.73 Å². The highest BCUT2D eigenvalue weighted by Crippen LogP contribution is 2.19. The summed E-state index contributed by atoms with van der Waals surface area (Å²) in [5, 5.41) is 9.42. The van der Waals surface area contributed by atoms with Crippen molar-refractivity contribution in [2.45, 2.75) is 24.3 Å². The van der Waals surface area contributed by atoms with Crippen molar-refractivity contribution in [1.82, 2.24) is 4.72 Å². The fourth-order valence-corrected chi connectivity index (χ4v) is 2.43. The predicted octanol–water partition coefficient (Wildman–Crippen LogP) is 0.457. The van der Waals surface area contributed by atoms with E-state index in [9.17, 15) is 17.9 Å². The second-order valence-corrected chi connectivity index (χ2v) is 6.05. The van der Waals surface area contributed by atoms with Crippen LogP contribution in [0.3, 0.4) is 0 Å². The fourth-order valence-electron chi connectivity index (χ4n) is 1.11. The van der Waals surface area contributed by atoms with Crippen LogP contribution < -0.4 is 10.5 Å². The number of anilines is 1. The Bertz CT molecular complexity index is 509. The molecule has 0 aromatic heterocycles. The van der Waals surface area contributed by atoms with Gasteiger partial charge in [-0.3, -0.25) is 0 Å². The van der Waals surface area contributed by atoms with Crippen LogP contribution in [0.5, 0.6) is 0 Å². The fraction of sp³-hybridized carbons (Fsp3) is 0.400. The van der Waals surface area contributed by atoms with Gasteiger partial charge in [-0.25, -0.2) is 17.5 Å². The first kappa shape index (κ1) is 13.9. The highest BCUT2D eigenvalue weighted by atomic mass is 32.2. The van der Waals surface area contributed by atoms with Crippen LogP contribution in [-0.4, -0.2) is 25.7 Å². The number of benzene rings is 1. The van der Waals surface area contributed by atoms with E-state index in [-0.39, 0.29) is 17.1 Å². The van der Waals surface area contributed by atoms with E-state index in [1.807, 2.05) is 0 Å². The molecule has 7 heteroatoms. The Kier molecular flexibility index (Phi) is 3.75. The van der Waals surface area contributed by atoms with Gasteiger partial charge in [-0.2, -0.15) is 0 Å². The van der Waals surface area contributed by atoms with E-state index in [1.165, 1.54) is 13.8 Å². The van der Waals surface area contributed by atoms with Gasteiger partial charge in [-0.15, -0.1) is 0 Å². The first-order valence-corrected chi connectivity index (χ1v) is 6.37. The van der Waals surface area contributed by atoms with Gasteiger partial charge in [0.05, 0.1) is 11.3 Å². The van der Waals surface area contributed by atoms with Gasteiger partial charge in [0.15, 0.2) is 0 Å². The first-order valence-electron chi connectivity index (χ1n) is 4.89. The molecule has 96 valence electrons. The molecule has 1 aromatic rings. The molecule has 0 aliphatic carbocycles. The number of halogens is 1. The van der Waals surface area contributed by atoms with Gasteiger partial charge in [0.25, 0.3) is 0 Å². The molecule has 0 saturated carbocycles. The summed E-state index contributed by atoms with van der Waals surface area (Å²) in [5.41, 5.74) is 4.07. The van der Waals surface area contributed by atoms with Crippen LogP contribution in [0.4, 0.5) is 10.1 Å². The Morgan fingerprint density at radius 3 is 2.53 bits per heavy atom. The summed E-state index contributed by atoms with van der Waals surface area (Å²) in [7, 11) is -3.84. The molecule has 1 rings (SSSR count). The second kappa shape index (κ2) is 4.59. The summed E-state index contributed by atoms with van der Waals surface area (Å²) in [6, 6.07) is 3.02. The summed E-state index contributed by atoms with van der Waals surface area (Å²) >= 11 is 0. The lowest BCUT2D eigenvalue weighted by atomic mass is 10.1. The van der Waals surface area contributed by atoms with Crippen LogP contribution in [0.25, 0.3) is 0 Å². The highest BCUT2D eigenvalue weighted by Gasteiger charge is 2.21. The molecule has 0 heterocycles. The van der Waals surface area contributed by atoms with Crippen molar-refractivity contribution in [3.05, 3.63) is 24.0 Å². The van der Waals surface area contributed by atoms with E-state index in [0.29, 0.717) is 0 Å². The van der Waals surface area contributed by atoms with Gasteiger partial charge in [-0.05, 0) is 32.0 Å². The zero-order valence-corrected chi connectivity index (χ0v) is 10.4. The Hall–Kier alpha value is -1.18. The molecule has 4 N–H and O–H groups in total. The maximum atomic E-state index is 12.8. The third kappa shape index (κ3) is 3.95. The number of hydrogen-bond donors (Lipinski definition) is 3. The van der Waals surface area contributed by atoms with Gasteiger partial charge < -0.3 is 10.8 Å². The molecule has 0 amide bonds. The lowest BCUT2D eigenvalue weighted by Crippen LogP contribution is -2.38. The van der Waals surface area contributed by atoms with Crippen LogP contribution in [-0.2, 0) is 10.0 Å². The number of aliphatic hydroxyl groups is 1. The molecular formula is C10H15FN2O3S. The molecule has 5 nitrogen and oxygen atoms in total. The normalized spacial score (nSPS) is 12.7. The van der Waals surface area contributed by atoms with Gasteiger partial charge in [0.1, 0.15) is 10.7 Å².